The molecule has 0 aliphatic carbocycles. The molecule has 2 aromatic rings. The summed E-state index contributed by atoms with van der Waals surface area (Å²) in [5.74, 6) is 0.353. The highest BCUT2D eigenvalue weighted by atomic mass is 16.5. The number of benzene rings is 2. The molecule has 6 nitrogen and oxygen atoms in total. The number of carbonyl (C=O) groups is 1. The number of anilines is 1. The molecule has 2 aromatic carbocycles. The van der Waals surface area contributed by atoms with Gasteiger partial charge in [0, 0.05) is 24.4 Å². The Bertz CT molecular complexity index is 817. The summed E-state index contributed by atoms with van der Waals surface area (Å²) >= 11 is 0. The summed E-state index contributed by atoms with van der Waals surface area (Å²) in [5, 5.41) is 14.0. The van der Waals surface area contributed by atoms with Crippen LogP contribution in [0.4, 0.5) is 5.69 Å². The van der Waals surface area contributed by atoms with Crippen LogP contribution in [0.25, 0.3) is 0 Å². The van der Waals surface area contributed by atoms with E-state index < -0.39 is 6.17 Å². The molecule has 4 rings (SSSR count). The molecule has 2 N–H and O–H groups in total. The topological polar surface area (TPSA) is 71.0 Å². The number of carbonyl (C=O) groups excluding carboxylic acids is 1. The number of ether oxygens (including phenoxy) is 2. The highest BCUT2D eigenvalue weighted by molar-refractivity contribution is 6.01. The van der Waals surface area contributed by atoms with Gasteiger partial charge in [0.05, 0.1) is 18.8 Å². The van der Waals surface area contributed by atoms with Crippen LogP contribution in [0, 0.1) is 0 Å². The van der Waals surface area contributed by atoms with Gasteiger partial charge in [-0.15, -0.1) is 0 Å². The molecule has 1 saturated heterocycles. The summed E-state index contributed by atoms with van der Waals surface area (Å²) in [4.78, 5) is 14.9. The first-order valence-electron chi connectivity index (χ1n) is 8.83. The molecule has 1 amide bonds. The summed E-state index contributed by atoms with van der Waals surface area (Å²) < 4.78 is 11.0. The number of nitrogens with one attached hydrogen (secondary N) is 1. The lowest BCUT2D eigenvalue weighted by atomic mass is 10.0. The van der Waals surface area contributed by atoms with Gasteiger partial charge in [-0.25, -0.2) is 0 Å². The molecule has 0 saturated carbocycles. The van der Waals surface area contributed by atoms with E-state index in [1.165, 1.54) is 7.11 Å². The van der Waals surface area contributed by atoms with E-state index in [0.717, 1.165) is 25.1 Å². The van der Waals surface area contributed by atoms with Crippen molar-refractivity contribution in [3.05, 3.63) is 53.6 Å². The van der Waals surface area contributed by atoms with Crippen LogP contribution < -0.4 is 10.1 Å². The number of para-hydroxylation sites is 2. The lowest BCUT2D eigenvalue weighted by Gasteiger charge is -2.39. The molecular formula is C20H22N2O4. The Morgan fingerprint density at radius 3 is 2.88 bits per heavy atom. The number of nitrogens with zero attached hydrogens (tertiary/aromatic N) is 1. The Morgan fingerprint density at radius 1 is 1.27 bits per heavy atom. The molecule has 136 valence electrons. The van der Waals surface area contributed by atoms with Crippen LogP contribution in [0.5, 0.6) is 11.5 Å². The van der Waals surface area contributed by atoms with Crippen molar-refractivity contribution in [2.24, 2.45) is 0 Å². The van der Waals surface area contributed by atoms with Crippen molar-refractivity contribution in [2.75, 3.05) is 25.6 Å². The van der Waals surface area contributed by atoms with Crippen molar-refractivity contribution >= 4 is 11.6 Å². The van der Waals surface area contributed by atoms with E-state index >= 15 is 0 Å². The molecule has 2 aliphatic rings. The van der Waals surface area contributed by atoms with Crippen LogP contribution in [-0.2, 0) is 4.74 Å². The highest BCUT2D eigenvalue weighted by Crippen LogP contribution is 2.40. The number of amides is 1. The molecule has 0 aromatic heterocycles. The van der Waals surface area contributed by atoms with Crippen LogP contribution >= 0.6 is 0 Å². The van der Waals surface area contributed by atoms with Crippen molar-refractivity contribution in [1.82, 2.24) is 4.90 Å². The predicted octanol–water partition coefficient (Wildman–Crippen LogP) is 3.15. The third-order valence-electron chi connectivity index (χ3n) is 4.99. The average molecular weight is 354 g/mol. The fourth-order valence-corrected chi connectivity index (χ4v) is 3.66. The third-order valence-corrected chi connectivity index (χ3v) is 4.99. The van der Waals surface area contributed by atoms with E-state index in [0.29, 0.717) is 23.4 Å². The minimum atomic E-state index is -0.489. The summed E-state index contributed by atoms with van der Waals surface area (Å²) in [5.41, 5.74) is 1.99. The van der Waals surface area contributed by atoms with Gasteiger partial charge in [0.1, 0.15) is 6.17 Å². The minimum Gasteiger partial charge on any atom is -0.504 e. The summed E-state index contributed by atoms with van der Waals surface area (Å²) in [7, 11) is 1.51. The number of hydrogen-bond donors (Lipinski definition) is 2. The number of methoxy groups -OCH3 is 1. The second-order valence-corrected chi connectivity index (χ2v) is 6.58. The number of phenols is 1. The first-order chi connectivity index (χ1) is 12.7. The molecule has 6 heteroatoms. The molecule has 0 radical (unpaired) electrons. The van der Waals surface area contributed by atoms with Crippen molar-refractivity contribution in [2.45, 2.75) is 25.1 Å². The largest absolute Gasteiger partial charge is 0.504 e. The van der Waals surface area contributed by atoms with Crippen LogP contribution in [0.3, 0.4) is 0 Å². The van der Waals surface area contributed by atoms with Gasteiger partial charge in [0.25, 0.3) is 5.91 Å². The van der Waals surface area contributed by atoms with Gasteiger partial charge < -0.3 is 24.8 Å². The molecular weight excluding hydrogens is 332 g/mol. The maximum absolute atomic E-state index is 13.2. The van der Waals surface area contributed by atoms with E-state index in [2.05, 4.69) is 5.32 Å². The first kappa shape index (κ1) is 16.7. The molecule has 0 unspecified atom stereocenters. The van der Waals surface area contributed by atoms with Crippen LogP contribution in [-0.4, -0.2) is 42.3 Å². The lowest BCUT2D eigenvalue weighted by molar-refractivity contribution is 0.0424. The molecule has 26 heavy (non-hydrogen) atoms. The van der Waals surface area contributed by atoms with Crippen LogP contribution in [0.15, 0.2) is 42.5 Å². The summed E-state index contributed by atoms with van der Waals surface area (Å²) in [6, 6.07) is 12.7. The zero-order chi connectivity index (χ0) is 18.1. The Morgan fingerprint density at radius 2 is 2.12 bits per heavy atom. The van der Waals surface area contributed by atoms with Gasteiger partial charge in [-0.2, -0.15) is 0 Å². The number of fused-ring (bicyclic) bond motifs is 1. The molecule has 2 heterocycles. The van der Waals surface area contributed by atoms with Crippen molar-refractivity contribution in [1.29, 1.82) is 0 Å². The fourth-order valence-electron chi connectivity index (χ4n) is 3.66. The molecule has 2 atom stereocenters. The van der Waals surface area contributed by atoms with E-state index in [1.54, 1.807) is 17.0 Å². The number of phenolic OH excluding ortho intramolecular Hbond substituents is 1. The number of rotatable bonds is 4. The molecule has 1 fully saturated rings. The summed E-state index contributed by atoms with van der Waals surface area (Å²) in [6.45, 7) is 1.20. The van der Waals surface area contributed by atoms with E-state index in [1.807, 2.05) is 30.3 Å². The van der Waals surface area contributed by atoms with Gasteiger partial charge in [0.15, 0.2) is 11.5 Å². The van der Waals surface area contributed by atoms with Gasteiger partial charge in [-0.1, -0.05) is 24.3 Å². The van der Waals surface area contributed by atoms with Crippen molar-refractivity contribution < 1.29 is 19.4 Å². The first-order valence-corrected chi connectivity index (χ1v) is 8.83. The van der Waals surface area contributed by atoms with Gasteiger partial charge >= 0.3 is 0 Å². The maximum Gasteiger partial charge on any atom is 0.257 e. The second kappa shape index (κ2) is 6.88. The smallest absolute Gasteiger partial charge is 0.257 e. The Labute approximate surface area is 152 Å². The molecule has 0 bridgehead atoms. The summed E-state index contributed by atoms with van der Waals surface area (Å²) in [6.07, 6.45) is 1.46. The van der Waals surface area contributed by atoms with Gasteiger partial charge in [-0.3, -0.25) is 4.79 Å². The number of aromatic hydroxyl groups is 1. The monoisotopic (exact) mass is 354 g/mol. The molecule has 2 aliphatic heterocycles. The van der Waals surface area contributed by atoms with Crippen molar-refractivity contribution in [3.63, 3.8) is 0 Å². The van der Waals surface area contributed by atoms with E-state index in [4.69, 9.17) is 9.47 Å². The van der Waals surface area contributed by atoms with Gasteiger partial charge in [0.2, 0.25) is 0 Å². The third kappa shape index (κ3) is 2.86. The quantitative estimate of drug-likeness (QED) is 0.883. The minimum absolute atomic E-state index is 0.0151. The van der Waals surface area contributed by atoms with Crippen molar-refractivity contribution in [3.8, 4) is 11.5 Å². The zero-order valence-corrected chi connectivity index (χ0v) is 14.6. The lowest BCUT2D eigenvalue weighted by Crippen LogP contribution is -2.46. The fraction of sp³-hybridized carbons (Fsp3) is 0.350. The molecule has 0 spiro atoms. The standard InChI is InChI=1S/C20H22N2O4/c1-25-17-10-4-8-15(18(17)23)19-21-16-9-3-2-7-14(16)20(24)22(19)12-13-6-5-11-26-13/h2-4,7-10,13,19,21,23H,5-6,11-12H2,1H3/t13-,19-/m1/s1. The van der Waals surface area contributed by atoms with Crippen LogP contribution in [0.2, 0.25) is 0 Å². The SMILES string of the molecule is COc1cccc([C@@H]2Nc3ccccc3C(=O)N2C[C@H]2CCCO2)c1O. The second-order valence-electron chi connectivity index (χ2n) is 6.58. The highest BCUT2D eigenvalue weighted by Gasteiger charge is 2.36. The Hall–Kier alpha value is -2.73. The van der Waals surface area contributed by atoms with Gasteiger partial charge in [-0.05, 0) is 31.0 Å². The number of hydrogen-bond acceptors (Lipinski definition) is 5. The van der Waals surface area contributed by atoms with Crippen LogP contribution in [0.1, 0.15) is 34.9 Å². The normalized spacial score (nSPS) is 22.0. The predicted molar refractivity (Wildman–Crippen MR) is 97.5 cm³/mol. The Kier molecular flexibility index (Phi) is 4.42. The Balaban J connectivity index is 1.75. The maximum atomic E-state index is 13.2. The van der Waals surface area contributed by atoms with E-state index in [9.17, 15) is 9.90 Å². The average Bonchev–Trinajstić information content (AvgIpc) is 3.17. The van der Waals surface area contributed by atoms with E-state index in [-0.39, 0.29) is 17.8 Å². The zero-order valence-electron chi connectivity index (χ0n) is 14.6.